The van der Waals surface area contributed by atoms with E-state index in [1.807, 2.05) is 30.3 Å². The highest BCUT2D eigenvalue weighted by atomic mass is 32.2. The number of para-hydroxylation sites is 1. The standard InChI is InChI=1S/C11H10N2O2S/c14-16(15)7-9-6-12-13(11(9)8-16)10-4-2-1-3-5-10/h1-6,8,12H,7H2. The van der Waals surface area contributed by atoms with Crippen LogP contribution >= 0.6 is 0 Å². The summed E-state index contributed by atoms with van der Waals surface area (Å²) in [6.45, 7) is 0. The number of hydrazine groups is 1. The van der Waals surface area contributed by atoms with Crippen LogP contribution in [0.3, 0.4) is 0 Å². The smallest absolute Gasteiger partial charge is 0.178 e. The van der Waals surface area contributed by atoms with E-state index in [1.165, 1.54) is 5.41 Å². The summed E-state index contributed by atoms with van der Waals surface area (Å²) >= 11 is 0. The summed E-state index contributed by atoms with van der Waals surface area (Å²) in [7, 11) is -3.06. The summed E-state index contributed by atoms with van der Waals surface area (Å²) in [4.78, 5) is 0. The Balaban J connectivity index is 2.03. The van der Waals surface area contributed by atoms with Gasteiger partial charge in [-0.25, -0.2) is 8.42 Å². The van der Waals surface area contributed by atoms with E-state index >= 15 is 0 Å². The third-order valence-corrected chi connectivity index (χ3v) is 3.90. The first kappa shape index (κ1) is 9.47. The fraction of sp³-hybridized carbons (Fsp3) is 0.0909. The Hall–Kier alpha value is -1.75. The van der Waals surface area contributed by atoms with E-state index in [1.54, 1.807) is 11.2 Å². The van der Waals surface area contributed by atoms with Gasteiger partial charge >= 0.3 is 0 Å². The number of allylic oxidation sites excluding steroid dienone is 1. The predicted molar refractivity (Wildman–Crippen MR) is 62.0 cm³/mol. The molecule has 0 radical (unpaired) electrons. The summed E-state index contributed by atoms with van der Waals surface area (Å²) in [5, 5.41) is 3.10. The summed E-state index contributed by atoms with van der Waals surface area (Å²) in [5.41, 5.74) is 5.53. The van der Waals surface area contributed by atoms with Crippen LogP contribution in [0.15, 0.2) is 53.2 Å². The molecule has 0 amide bonds. The summed E-state index contributed by atoms with van der Waals surface area (Å²) in [5.74, 6) is 0.0959. The van der Waals surface area contributed by atoms with Gasteiger partial charge in [0.25, 0.3) is 0 Å². The van der Waals surface area contributed by atoms with Gasteiger partial charge in [0.1, 0.15) is 0 Å². The van der Waals surface area contributed by atoms with Crippen LogP contribution in [0.5, 0.6) is 0 Å². The molecule has 5 heteroatoms. The number of nitrogens with zero attached hydrogens (tertiary/aromatic N) is 1. The number of nitrogens with one attached hydrogen (secondary N) is 1. The van der Waals surface area contributed by atoms with Crippen molar-refractivity contribution >= 4 is 15.5 Å². The number of hydrogen-bond donors (Lipinski definition) is 1. The van der Waals surface area contributed by atoms with Crippen molar-refractivity contribution in [1.82, 2.24) is 5.43 Å². The first-order chi connectivity index (χ1) is 7.66. The van der Waals surface area contributed by atoms with Gasteiger partial charge < -0.3 is 5.43 Å². The van der Waals surface area contributed by atoms with Crippen LogP contribution in [0.25, 0.3) is 0 Å². The highest BCUT2D eigenvalue weighted by Gasteiger charge is 2.32. The molecule has 0 saturated carbocycles. The van der Waals surface area contributed by atoms with Gasteiger partial charge in [0.05, 0.1) is 22.5 Å². The predicted octanol–water partition coefficient (Wildman–Crippen LogP) is 1.16. The second-order valence-corrected chi connectivity index (χ2v) is 5.63. The molecule has 1 aromatic carbocycles. The molecule has 16 heavy (non-hydrogen) atoms. The quantitative estimate of drug-likeness (QED) is 0.792. The summed E-state index contributed by atoms with van der Waals surface area (Å²) in [6, 6.07) is 9.61. The molecule has 0 aliphatic carbocycles. The Morgan fingerprint density at radius 2 is 1.94 bits per heavy atom. The Bertz CT molecular complexity index is 588. The first-order valence-corrected chi connectivity index (χ1v) is 6.62. The molecule has 1 aromatic rings. The largest absolute Gasteiger partial charge is 0.301 e. The number of anilines is 1. The maximum atomic E-state index is 11.4. The zero-order valence-corrected chi connectivity index (χ0v) is 9.24. The summed E-state index contributed by atoms with van der Waals surface area (Å²) < 4.78 is 22.9. The van der Waals surface area contributed by atoms with Crippen LogP contribution in [0.4, 0.5) is 5.69 Å². The molecule has 0 saturated heterocycles. The lowest BCUT2D eigenvalue weighted by Gasteiger charge is -2.19. The van der Waals surface area contributed by atoms with Gasteiger partial charge in [0.2, 0.25) is 0 Å². The molecular formula is C11H10N2O2S. The van der Waals surface area contributed by atoms with Crippen molar-refractivity contribution in [3.8, 4) is 0 Å². The lowest BCUT2D eigenvalue weighted by atomic mass is 10.2. The Kier molecular flexibility index (Phi) is 1.85. The maximum Gasteiger partial charge on any atom is 0.178 e. The topological polar surface area (TPSA) is 49.4 Å². The monoisotopic (exact) mass is 234 g/mol. The van der Waals surface area contributed by atoms with Gasteiger partial charge in [-0.15, -0.1) is 0 Å². The van der Waals surface area contributed by atoms with E-state index in [-0.39, 0.29) is 5.75 Å². The van der Waals surface area contributed by atoms with Gasteiger partial charge in [-0.2, -0.15) is 0 Å². The molecule has 3 rings (SSSR count). The van der Waals surface area contributed by atoms with Gasteiger partial charge in [-0.05, 0) is 12.1 Å². The number of sulfone groups is 1. The molecule has 0 aromatic heterocycles. The molecule has 0 spiro atoms. The fourth-order valence-electron chi connectivity index (χ4n) is 1.89. The van der Waals surface area contributed by atoms with Crippen molar-refractivity contribution in [3.05, 3.63) is 53.2 Å². The van der Waals surface area contributed by atoms with E-state index in [0.29, 0.717) is 0 Å². The molecule has 0 bridgehead atoms. The molecule has 82 valence electrons. The van der Waals surface area contributed by atoms with Crippen LogP contribution in [-0.4, -0.2) is 14.2 Å². The van der Waals surface area contributed by atoms with Crippen LogP contribution < -0.4 is 10.4 Å². The van der Waals surface area contributed by atoms with E-state index in [0.717, 1.165) is 17.0 Å². The average Bonchev–Trinajstić information content (AvgIpc) is 2.74. The fourth-order valence-corrected chi connectivity index (χ4v) is 3.24. The van der Waals surface area contributed by atoms with E-state index in [2.05, 4.69) is 5.43 Å². The maximum absolute atomic E-state index is 11.4. The zero-order chi connectivity index (χ0) is 11.2. The SMILES string of the molecule is O=S1(=O)C=C2C(=CNN2c2ccccc2)C1. The number of fused-ring (bicyclic) bond motifs is 1. The zero-order valence-electron chi connectivity index (χ0n) is 8.42. The van der Waals surface area contributed by atoms with Gasteiger partial charge in [-0.1, -0.05) is 18.2 Å². The van der Waals surface area contributed by atoms with Crippen LogP contribution in [-0.2, 0) is 9.84 Å². The second kappa shape index (κ2) is 3.12. The van der Waals surface area contributed by atoms with Crippen LogP contribution in [0.1, 0.15) is 0 Å². The average molecular weight is 234 g/mol. The van der Waals surface area contributed by atoms with Crippen LogP contribution in [0.2, 0.25) is 0 Å². The highest BCUT2D eigenvalue weighted by molar-refractivity contribution is 7.94. The van der Waals surface area contributed by atoms with Gasteiger partial charge in [0, 0.05) is 11.8 Å². The van der Waals surface area contributed by atoms with Gasteiger partial charge in [0.15, 0.2) is 9.84 Å². The van der Waals surface area contributed by atoms with Crippen molar-refractivity contribution in [2.24, 2.45) is 0 Å². The van der Waals surface area contributed by atoms with E-state index < -0.39 is 9.84 Å². The van der Waals surface area contributed by atoms with Crippen molar-refractivity contribution in [2.75, 3.05) is 10.8 Å². The Morgan fingerprint density at radius 3 is 2.69 bits per heavy atom. The van der Waals surface area contributed by atoms with Crippen molar-refractivity contribution in [2.45, 2.75) is 0 Å². The molecule has 0 fully saturated rings. The van der Waals surface area contributed by atoms with Crippen molar-refractivity contribution < 1.29 is 8.42 Å². The minimum Gasteiger partial charge on any atom is -0.301 e. The van der Waals surface area contributed by atoms with Crippen molar-refractivity contribution in [3.63, 3.8) is 0 Å². The minimum atomic E-state index is -3.06. The van der Waals surface area contributed by atoms with Crippen LogP contribution in [0, 0.1) is 0 Å². The first-order valence-electron chi connectivity index (χ1n) is 4.91. The Morgan fingerprint density at radius 1 is 1.19 bits per heavy atom. The van der Waals surface area contributed by atoms with E-state index in [4.69, 9.17) is 0 Å². The molecule has 1 N–H and O–H groups in total. The molecular weight excluding hydrogens is 224 g/mol. The number of rotatable bonds is 1. The molecule has 2 heterocycles. The lowest BCUT2D eigenvalue weighted by Crippen LogP contribution is -2.28. The number of benzene rings is 1. The third kappa shape index (κ3) is 1.40. The second-order valence-electron chi connectivity index (χ2n) is 3.78. The Labute approximate surface area is 93.8 Å². The normalized spacial score (nSPS) is 21.1. The third-order valence-electron chi connectivity index (χ3n) is 2.60. The molecule has 0 atom stereocenters. The molecule has 4 nitrogen and oxygen atoms in total. The molecule has 2 aliphatic heterocycles. The minimum absolute atomic E-state index is 0.0959. The van der Waals surface area contributed by atoms with E-state index in [9.17, 15) is 8.42 Å². The number of hydrogen-bond acceptors (Lipinski definition) is 4. The van der Waals surface area contributed by atoms with Crippen molar-refractivity contribution in [1.29, 1.82) is 0 Å². The molecule has 0 unspecified atom stereocenters. The lowest BCUT2D eigenvalue weighted by molar-refractivity contribution is 0.608. The highest BCUT2D eigenvalue weighted by Crippen LogP contribution is 2.32. The van der Waals surface area contributed by atoms with Gasteiger partial charge in [-0.3, -0.25) is 5.01 Å². The summed E-state index contributed by atoms with van der Waals surface area (Å²) in [6.07, 6.45) is 1.74. The molecule has 2 aliphatic rings.